The molecule has 0 saturated carbocycles. The number of para-hydroxylation sites is 1. The van der Waals surface area contributed by atoms with Crippen molar-refractivity contribution >= 4 is 22.7 Å². The first-order valence-electron chi connectivity index (χ1n) is 11.9. The Hall–Kier alpha value is -2.86. The molecule has 2 saturated heterocycles. The van der Waals surface area contributed by atoms with Gasteiger partial charge >= 0.3 is 0 Å². The molecule has 1 atom stereocenters. The number of aromatic nitrogens is 1. The number of nitrogens with zero attached hydrogens (tertiary/aromatic N) is 4. The van der Waals surface area contributed by atoms with Crippen molar-refractivity contribution in [3.63, 3.8) is 0 Å². The third-order valence-corrected chi connectivity index (χ3v) is 6.83. The molecular formula is C26H32N4O2. The van der Waals surface area contributed by atoms with Gasteiger partial charge < -0.3 is 14.2 Å². The van der Waals surface area contributed by atoms with Gasteiger partial charge in [0.25, 0.3) is 0 Å². The fourth-order valence-corrected chi connectivity index (χ4v) is 5.08. The number of likely N-dealkylation sites (tertiary alicyclic amines) is 1. The summed E-state index contributed by atoms with van der Waals surface area (Å²) in [4.78, 5) is 24.0. The van der Waals surface area contributed by atoms with Crippen molar-refractivity contribution in [1.82, 2.24) is 14.8 Å². The fourth-order valence-electron chi connectivity index (χ4n) is 5.08. The van der Waals surface area contributed by atoms with E-state index in [4.69, 9.17) is 4.42 Å². The zero-order valence-electron chi connectivity index (χ0n) is 18.7. The summed E-state index contributed by atoms with van der Waals surface area (Å²) in [6.07, 6.45) is 5.89. The Kier molecular flexibility index (Phi) is 6.39. The maximum absolute atomic E-state index is 12.8. The van der Waals surface area contributed by atoms with Crippen LogP contribution in [0.3, 0.4) is 0 Å². The van der Waals surface area contributed by atoms with Crippen molar-refractivity contribution < 1.29 is 9.21 Å². The Bertz CT molecular complexity index is 993. The van der Waals surface area contributed by atoms with Gasteiger partial charge in [-0.05, 0) is 56.0 Å². The molecule has 2 fully saturated rings. The van der Waals surface area contributed by atoms with Gasteiger partial charge in [0.2, 0.25) is 5.91 Å². The van der Waals surface area contributed by atoms with Crippen LogP contribution in [-0.4, -0.2) is 60.0 Å². The summed E-state index contributed by atoms with van der Waals surface area (Å²) < 4.78 is 6.01. The fraction of sp³-hybridized carbons (Fsp3) is 0.462. The molecule has 4 heterocycles. The molecule has 32 heavy (non-hydrogen) atoms. The molecule has 1 amide bonds. The lowest BCUT2D eigenvalue weighted by molar-refractivity contribution is -0.131. The van der Waals surface area contributed by atoms with Crippen LogP contribution in [0.15, 0.2) is 59.1 Å². The van der Waals surface area contributed by atoms with Crippen molar-refractivity contribution in [3.05, 3.63) is 60.5 Å². The lowest BCUT2D eigenvalue weighted by Crippen LogP contribution is -2.49. The Balaban J connectivity index is 1.07. The van der Waals surface area contributed by atoms with Gasteiger partial charge in [-0.1, -0.05) is 24.3 Å². The van der Waals surface area contributed by atoms with Crippen molar-refractivity contribution in [2.24, 2.45) is 5.92 Å². The van der Waals surface area contributed by atoms with Crippen molar-refractivity contribution in [1.29, 1.82) is 0 Å². The number of piperazine rings is 1. The molecule has 6 nitrogen and oxygen atoms in total. The first-order valence-corrected chi connectivity index (χ1v) is 11.9. The number of carbonyl (C=O) groups excluding carboxylic acids is 1. The Morgan fingerprint density at radius 3 is 2.69 bits per heavy atom. The van der Waals surface area contributed by atoms with Crippen LogP contribution in [0.4, 0.5) is 5.82 Å². The number of fused-ring (bicyclic) bond motifs is 1. The number of hydrogen-bond acceptors (Lipinski definition) is 5. The summed E-state index contributed by atoms with van der Waals surface area (Å²) in [5.74, 6) is 2.94. The minimum absolute atomic E-state index is 0.306. The normalized spacial score (nSPS) is 20.1. The Labute approximate surface area is 189 Å². The van der Waals surface area contributed by atoms with Gasteiger partial charge in [0.05, 0.1) is 6.54 Å². The van der Waals surface area contributed by atoms with E-state index in [0.717, 1.165) is 69.4 Å². The molecule has 0 N–H and O–H groups in total. The van der Waals surface area contributed by atoms with Crippen LogP contribution in [0, 0.1) is 5.92 Å². The van der Waals surface area contributed by atoms with Gasteiger partial charge in [0.1, 0.15) is 17.2 Å². The second-order valence-corrected chi connectivity index (χ2v) is 9.09. The highest BCUT2D eigenvalue weighted by Crippen LogP contribution is 2.25. The van der Waals surface area contributed by atoms with Crippen LogP contribution in [0.2, 0.25) is 0 Å². The number of amides is 1. The highest BCUT2D eigenvalue weighted by atomic mass is 16.3. The third kappa shape index (κ3) is 4.96. The molecule has 0 bridgehead atoms. The molecular weight excluding hydrogens is 400 g/mol. The van der Waals surface area contributed by atoms with E-state index in [9.17, 15) is 4.79 Å². The number of benzene rings is 1. The van der Waals surface area contributed by atoms with E-state index in [2.05, 4.69) is 26.9 Å². The molecule has 3 aromatic rings. The van der Waals surface area contributed by atoms with Crippen molar-refractivity contribution in [2.45, 2.75) is 32.2 Å². The first kappa shape index (κ1) is 21.0. The first-order chi connectivity index (χ1) is 15.7. The lowest BCUT2D eigenvalue weighted by atomic mass is 9.93. The topological polar surface area (TPSA) is 52.8 Å². The molecule has 2 aliphatic heterocycles. The summed E-state index contributed by atoms with van der Waals surface area (Å²) in [6.45, 7) is 6.31. The summed E-state index contributed by atoms with van der Waals surface area (Å²) in [5.41, 5.74) is 0.963. The van der Waals surface area contributed by atoms with E-state index < -0.39 is 0 Å². The molecule has 0 radical (unpaired) electrons. The van der Waals surface area contributed by atoms with Gasteiger partial charge in [-0.3, -0.25) is 9.69 Å². The number of hydrogen-bond donors (Lipinski definition) is 0. The number of furan rings is 1. The molecule has 168 valence electrons. The van der Waals surface area contributed by atoms with E-state index in [0.29, 0.717) is 18.2 Å². The standard InChI is InChI=1S/C26H32N4O2/c31-26(30-16-14-29(15-17-30)25-9-3-4-12-27-25)11-10-21-6-5-13-28(19-21)20-23-18-22-7-1-2-8-24(22)32-23/h1-4,7-9,12,18,21H,5-6,10-11,13-17,19-20H2/t21-/m0/s1. The second-order valence-electron chi connectivity index (χ2n) is 9.09. The highest BCUT2D eigenvalue weighted by molar-refractivity contribution is 5.77. The zero-order valence-corrected chi connectivity index (χ0v) is 18.7. The van der Waals surface area contributed by atoms with Crippen LogP contribution in [0.25, 0.3) is 11.0 Å². The SMILES string of the molecule is O=C(CC[C@@H]1CCCN(Cc2cc3ccccc3o2)C1)N1CCN(c2ccccn2)CC1. The second kappa shape index (κ2) is 9.74. The van der Waals surface area contributed by atoms with Gasteiger partial charge in [0, 0.05) is 50.7 Å². The van der Waals surface area contributed by atoms with Crippen molar-refractivity contribution in [2.75, 3.05) is 44.2 Å². The van der Waals surface area contributed by atoms with Gasteiger partial charge in [-0.2, -0.15) is 0 Å². The smallest absolute Gasteiger partial charge is 0.222 e. The monoisotopic (exact) mass is 432 g/mol. The van der Waals surface area contributed by atoms with Crippen LogP contribution in [-0.2, 0) is 11.3 Å². The molecule has 0 spiro atoms. The number of piperidine rings is 1. The maximum Gasteiger partial charge on any atom is 0.222 e. The predicted molar refractivity (Wildman–Crippen MR) is 126 cm³/mol. The van der Waals surface area contributed by atoms with E-state index in [1.807, 2.05) is 47.5 Å². The maximum atomic E-state index is 12.8. The number of anilines is 1. The lowest BCUT2D eigenvalue weighted by Gasteiger charge is -2.36. The molecule has 0 aliphatic carbocycles. The van der Waals surface area contributed by atoms with Gasteiger partial charge in [-0.25, -0.2) is 4.98 Å². The van der Waals surface area contributed by atoms with E-state index >= 15 is 0 Å². The molecule has 5 rings (SSSR count). The summed E-state index contributed by atoms with van der Waals surface area (Å²) >= 11 is 0. The summed E-state index contributed by atoms with van der Waals surface area (Å²) in [7, 11) is 0. The largest absolute Gasteiger partial charge is 0.460 e. The molecule has 6 heteroatoms. The summed E-state index contributed by atoms with van der Waals surface area (Å²) in [5, 5.41) is 1.17. The number of rotatable bonds is 6. The molecule has 2 aliphatic rings. The van der Waals surface area contributed by atoms with Crippen LogP contribution < -0.4 is 4.90 Å². The predicted octanol–water partition coefficient (Wildman–Crippen LogP) is 4.17. The van der Waals surface area contributed by atoms with Gasteiger partial charge in [0.15, 0.2) is 0 Å². The van der Waals surface area contributed by atoms with Crippen LogP contribution in [0.1, 0.15) is 31.4 Å². The van der Waals surface area contributed by atoms with E-state index in [-0.39, 0.29) is 0 Å². The molecule has 2 aromatic heterocycles. The minimum Gasteiger partial charge on any atom is -0.460 e. The molecule has 0 unspecified atom stereocenters. The third-order valence-electron chi connectivity index (χ3n) is 6.83. The summed E-state index contributed by atoms with van der Waals surface area (Å²) in [6, 6.07) is 16.3. The average molecular weight is 433 g/mol. The van der Waals surface area contributed by atoms with E-state index in [1.54, 1.807) is 0 Å². The number of carbonyl (C=O) groups is 1. The van der Waals surface area contributed by atoms with Crippen LogP contribution in [0.5, 0.6) is 0 Å². The van der Waals surface area contributed by atoms with Crippen molar-refractivity contribution in [3.8, 4) is 0 Å². The quantitative estimate of drug-likeness (QED) is 0.585. The van der Waals surface area contributed by atoms with E-state index in [1.165, 1.54) is 18.2 Å². The molecule has 1 aromatic carbocycles. The average Bonchev–Trinajstić information content (AvgIpc) is 3.26. The zero-order chi connectivity index (χ0) is 21.8. The van der Waals surface area contributed by atoms with Gasteiger partial charge in [-0.15, -0.1) is 0 Å². The number of pyridine rings is 1. The Morgan fingerprint density at radius 1 is 1.03 bits per heavy atom. The van der Waals surface area contributed by atoms with Crippen LogP contribution >= 0.6 is 0 Å². The minimum atomic E-state index is 0.306. The Morgan fingerprint density at radius 2 is 1.88 bits per heavy atom. The highest BCUT2D eigenvalue weighted by Gasteiger charge is 2.25.